The smallest absolute Gasteiger partial charge is 0.271 e. The molecule has 8 nitrogen and oxygen atoms in total. The number of hydrazine groups is 1. The van der Waals surface area contributed by atoms with Gasteiger partial charge in [0.05, 0.1) is 10.4 Å². The van der Waals surface area contributed by atoms with E-state index in [2.05, 4.69) is 15.4 Å². The van der Waals surface area contributed by atoms with Gasteiger partial charge in [-0.15, -0.1) is 0 Å². The Hall–Kier alpha value is -3.26. The van der Waals surface area contributed by atoms with E-state index in [1.165, 1.54) is 12.1 Å². The van der Waals surface area contributed by atoms with Crippen LogP contribution in [-0.2, 0) is 0 Å². The molecule has 3 aromatic rings. The number of nitrogens with zero attached hydrogens (tertiary/aromatic N) is 4. The highest BCUT2D eigenvalue weighted by atomic mass is 16.6. The van der Waals surface area contributed by atoms with Gasteiger partial charge in [0.2, 0.25) is 5.95 Å². The zero-order valence-electron chi connectivity index (χ0n) is 13.0. The Morgan fingerprint density at radius 1 is 1.21 bits per heavy atom. The summed E-state index contributed by atoms with van der Waals surface area (Å²) in [5.74, 6) is 6.30. The standard InChI is InChI=1S/C16H16N6O2/c1-2-21(11-6-4-3-5-7-11)15-13-9-8-12(22(23)24)10-14(13)18-16(19-15)20-17/h3-10H,2,17H2,1H3,(H,18,19,20). The Morgan fingerprint density at radius 2 is 1.96 bits per heavy atom. The molecule has 1 aromatic heterocycles. The summed E-state index contributed by atoms with van der Waals surface area (Å²) in [5.41, 5.74) is 3.80. The van der Waals surface area contributed by atoms with Crippen molar-refractivity contribution in [2.75, 3.05) is 16.9 Å². The molecule has 0 atom stereocenters. The van der Waals surface area contributed by atoms with E-state index in [1.807, 2.05) is 42.2 Å². The predicted octanol–water partition coefficient (Wildman–Crippen LogP) is 2.98. The fraction of sp³-hybridized carbons (Fsp3) is 0.125. The van der Waals surface area contributed by atoms with Crippen LogP contribution in [0.5, 0.6) is 0 Å². The van der Waals surface area contributed by atoms with Gasteiger partial charge in [0.15, 0.2) is 0 Å². The SMILES string of the molecule is CCN(c1ccccc1)c1nc(NN)nc2cc([N+](=O)[O-])ccc12. The number of anilines is 3. The van der Waals surface area contributed by atoms with Crippen molar-refractivity contribution in [2.45, 2.75) is 6.92 Å². The molecule has 0 fully saturated rings. The Labute approximate surface area is 138 Å². The van der Waals surface area contributed by atoms with E-state index >= 15 is 0 Å². The maximum absolute atomic E-state index is 11.0. The number of nitro groups is 1. The van der Waals surface area contributed by atoms with E-state index in [0.29, 0.717) is 23.3 Å². The van der Waals surface area contributed by atoms with E-state index in [-0.39, 0.29) is 11.6 Å². The second-order valence-corrected chi connectivity index (χ2v) is 5.05. The third-order valence-corrected chi connectivity index (χ3v) is 3.64. The summed E-state index contributed by atoms with van der Waals surface area (Å²) >= 11 is 0. The van der Waals surface area contributed by atoms with Crippen LogP contribution in [0, 0.1) is 10.1 Å². The molecule has 0 saturated heterocycles. The Bertz CT molecular complexity index is 884. The summed E-state index contributed by atoms with van der Waals surface area (Å²) in [6.45, 7) is 2.67. The third kappa shape index (κ3) is 2.82. The first-order chi connectivity index (χ1) is 11.6. The molecule has 0 saturated carbocycles. The Balaban J connectivity index is 2.23. The average molecular weight is 324 g/mol. The molecule has 0 amide bonds. The topological polar surface area (TPSA) is 110 Å². The fourth-order valence-corrected chi connectivity index (χ4v) is 2.55. The highest BCUT2D eigenvalue weighted by molar-refractivity contribution is 5.93. The van der Waals surface area contributed by atoms with Gasteiger partial charge < -0.3 is 4.90 Å². The lowest BCUT2D eigenvalue weighted by molar-refractivity contribution is -0.384. The van der Waals surface area contributed by atoms with Gasteiger partial charge in [-0.1, -0.05) is 18.2 Å². The molecule has 122 valence electrons. The highest BCUT2D eigenvalue weighted by Gasteiger charge is 2.17. The van der Waals surface area contributed by atoms with Crippen LogP contribution in [0.4, 0.5) is 23.1 Å². The maximum atomic E-state index is 11.0. The molecule has 0 aliphatic carbocycles. The molecule has 0 unspecified atom stereocenters. The van der Waals surface area contributed by atoms with Crippen LogP contribution in [0.2, 0.25) is 0 Å². The van der Waals surface area contributed by atoms with Crippen LogP contribution in [0.1, 0.15) is 6.92 Å². The summed E-state index contributed by atoms with van der Waals surface area (Å²) in [4.78, 5) is 21.2. The van der Waals surface area contributed by atoms with Crippen molar-refractivity contribution in [3.8, 4) is 0 Å². The van der Waals surface area contributed by atoms with Crippen molar-refractivity contribution in [3.05, 3.63) is 58.6 Å². The van der Waals surface area contributed by atoms with Crippen molar-refractivity contribution in [1.82, 2.24) is 9.97 Å². The molecule has 24 heavy (non-hydrogen) atoms. The summed E-state index contributed by atoms with van der Waals surface area (Å²) in [5, 5.41) is 11.7. The van der Waals surface area contributed by atoms with Crippen molar-refractivity contribution >= 4 is 34.0 Å². The molecule has 0 radical (unpaired) electrons. The van der Waals surface area contributed by atoms with Gasteiger partial charge >= 0.3 is 0 Å². The van der Waals surface area contributed by atoms with E-state index in [4.69, 9.17) is 5.84 Å². The van der Waals surface area contributed by atoms with Gasteiger partial charge in [-0.25, -0.2) is 10.8 Å². The van der Waals surface area contributed by atoms with E-state index < -0.39 is 4.92 Å². The number of rotatable bonds is 5. The largest absolute Gasteiger partial charge is 0.326 e. The number of nitrogens with two attached hydrogens (primary N) is 1. The lowest BCUT2D eigenvalue weighted by Gasteiger charge is -2.23. The zero-order valence-corrected chi connectivity index (χ0v) is 13.0. The van der Waals surface area contributed by atoms with Crippen LogP contribution < -0.4 is 16.2 Å². The summed E-state index contributed by atoms with van der Waals surface area (Å²) in [6, 6.07) is 14.3. The number of hydrogen-bond donors (Lipinski definition) is 2. The van der Waals surface area contributed by atoms with Crippen molar-refractivity contribution in [3.63, 3.8) is 0 Å². The van der Waals surface area contributed by atoms with Crippen LogP contribution in [0.25, 0.3) is 10.9 Å². The Kier molecular flexibility index (Phi) is 4.21. The monoisotopic (exact) mass is 324 g/mol. The number of aromatic nitrogens is 2. The molecule has 1 heterocycles. The zero-order chi connectivity index (χ0) is 17.1. The molecule has 3 rings (SSSR count). The van der Waals surface area contributed by atoms with Crippen molar-refractivity contribution in [2.24, 2.45) is 5.84 Å². The minimum Gasteiger partial charge on any atom is -0.326 e. The van der Waals surface area contributed by atoms with E-state index in [1.54, 1.807) is 6.07 Å². The number of hydrogen-bond acceptors (Lipinski definition) is 7. The predicted molar refractivity (Wildman–Crippen MR) is 93.1 cm³/mol. The van der Waals surface area contributed by atoms with Crippen LogP contribution in [0.3, 0.4) is 0 Å². The summed E-state index contributed by atoms with van der Waals surface area (Å²) in [7, 11) is 0. The van der Waals surface area contributed by atoms with Gasteiger partial charge in [-0.05, 0) is 25.1 Å². The average Bonchev–Trinajstić information content (AvgIpc) is 2.62. The summed E-state index contributed by atoms with van der Waals surface area (Å²) < 4.78 is 0. The number of para-hydroxylation sites is 1. The molecule has 3 N–H and O–H groups in total. The minimum atomic E-state index is -0.453. The van der Waals surface area contributed by atoms with Gasteiger partial charge in [0.1, 0.15) is 5.82 Å². The molecule has 0 bridgehead atoms. The van der Waals surface area contributed by atoms with Gasteiger partial charge in [0, 0.05) is 29.8 Å². The molecular formula is C16H16N6O2. The second kappa shape index (κ2) is 6.47. The molecule has 0 aliphatic rings. The first-order valence-electron chi connectivity index (χ1n) is 7.39. The minimum absolute atomic E-state index is 0.0297. The normalized spacial score (nSPS) is 10.6. The fourth-order valence-electron chi connectivity index (χ4n) is 2.55. The first kappa shape index (κ1) is 15.6. The van der Waals surface area contributed by atoms with E-state index in [9.17, 15) is 10.1 Å². The molecular weight excluding hydrogens is 308 g/mol. The number of nitrogens with one attached hydrogen (secondary N) is 1. The van der Waals surface area contributed by atoms with E-state index in [0.717, 1.165) is 5.69 Å². The lowest BCUT2D eigenvalue weighted by Crippen LogP contribution is -2.20. The summed E-state index contributed by atoms with van der Waals surface area (Å²) in [6.07, 6.45) is 0. The quantitative estimate of drug-likeness (QED) is 0.421. The third-order valence-electron chi connectivity index (χ3n) is 3.64. The van der Waals surface area contributed by atoms with Gasteiger partial charge in [0.25, 0.3) is 5.69 Å². The van der Waals surface area contributed by atoms with Crippen molar-refractivity contribution < 1.29 is 4.92 Å². The molecule has 0 aliphatic heterocycles. The maximum Gasteiger partial charge on any atom is 0.271 e. The molecule has 0 spiro atoms. The Morgan fingerprint density at radius 3 is 2.58 bits per heavy atom. The first-order valence-corrected chi connectivity index (χ1v) is 7.39. The number of fused-ring (bicyclic) bond motifs is 1. The number of nitro benzene ring substituents is 1. The number of benzene rings is 2. The van der Waals surface area contributed by atoms with Crippen LogP contribution in [0.15, 0.2) is 48.5 Å². The highest BCUT2D eigenvalue weighted by Crippen LogP contribution is 2.32. The molecule has 8 heteroatoms. The molecule has 2 aromatic carbocycles. The lowest BCUT2D eigenvalue weighted by atomic mass is 10.2. The van der Waals surface area contributed by atoms with Crippen LogP contribution >= 0.6 is 0 Å². The van der Waals surface area contributed by atoms with Crippen molar-refractivity contribution in [1.29, 1.82) is 0 Å². The van der Waals surface area contributed by atoms with Gasteiger partial charge in [-0.3, -0.25) is 15.5 Å². The second-order valence-electron chi connectivity index (χ2n) is 5.05. The van der Waals surface area contributed by atoms with Crippen LogP contribution in [-0.4, -0.2) is 21.4 Å². The number of non-ortho nitro benzene ring substituents is 1. The number of nitrogen functional groups attached to an aromatic ring is 1. The van der Waals surface area contributed by atoms with Gasteiger partial charge in [-0.2, -0.15) is 4.98 Å².